The largest absolute Gasteiger partial charge is 0.318 e. The van der Waals surface area contributed by atoms with Gasteiger partial charge in [-0.1, -0.05) is 28.4 Å². The van der Waals surface area contributed by atoms with Gasteiger partial charge in [0, 0.05) is 13.1 Å². The molecule has 1 aromatic heterocycles. The molecular formula is C12H10Cl2FN5O. The number of amides is 1. The second kappa shape index (κ2) is 5.59. The van der Waals surface area contributed by atoms with E-state index in [1.165, 1.54) is 0 Å². The van der Waals surface area contributed by atoms with Crippen molar-refractivity contribution >= 4 is 34.8 Å². The second-order valence-corrected chi connectivity index (χ2v) is 5.41. The maximum Gasteiger partial charge on any atom is 0.277 e. The number of nitrogens with one attached hydrogen (secondary N) is 2. The quantitative estimate of drug-likeness (QED) is 0.904. The Balaban J connectivity index is 1.78. The summed E-state index contributed by atoms with van der Waals surface area (Å²) in [7, 11) is 0. The van der Waals surface area contributed by atoms with Crippen LogP contribution in [0, 0.1) is 5.82 Å². The third-order valence-corrected chi connectivity index (χ3v) is 3.72. The van der Waals surface area contributed by atoms with Gasteiger partial charge in [-0.15, -0.1) is 5.10 Å². The van der Waals surface area contributed by atoms with Gasteiger partial charge in [0.25, 0.3) is 5.91 Å². The van der Waals surface area contributed by atoms with Crippen molar-refractivity contribution in [1.82, 2.24) is 20.3 Å². The molecule has 0 atom stereocenters. The Labute approximate surface area is 129 Å². The van der Waals surface area contributed by atoms with Crippen molar-refractivity contribution in [2.75, 3.05) is 18.4 Å². The Morgan fingerprint density at radius 3 is 2.62 bits per heavy atom. The highest BCUT2D eigenvalue weighted by Crippen LogP contribution is 2.31. The summed E-state index contributed by atoms with van der Waals surface area (Å²) in [5.41, 5.74) is 0.281. The van der Waals surface area contributed by atoms with Gasteiger partial charge < -0.3 is 10.6 Å². The number of anilines is 1. The molecule has 0 unspecified atom stereocenters. The van der Waals surface area contributed by atoms with Gasteiger partial charge in [-0.3, -0.25) is 4.79 Å². The molecule has 0 spiro atoms. The molecule has 21 heavy (non-hydrogen) atoms. The summed E-state index contributed by atoms with van der Waals surface area (Å²) in [6.45, 7) is 1.58. The summed E-state index contributed by atoms with van der Waals surface area (Å²) >= 11 is 11.7. The molecule has 0 aliphatic carbocycles. The van der Waals surface area contributed by atoms with Crippen LogP contribution in [0.3, 0.4) is 0 Å². The molecule has 1 saturated heterocycles. The highest BCUT2D eigenvalue weighted by Gasteiger charge is 2.22. The van der Waals surface area contributed by atoms with Gasteiger partial charge in [0.2, 0.25) is 0 Å². The molecule has 1 amide bonds. The molecule has 9 heteroatoms. The van der Waals surface area contributed by atoms with Crippen LogP contribution in [0.25, 0.3) is 0 Å². The topological polar surface area (TPSA) is 71.8 Å². The number of nitrogens with zero attached hydrogens (tertiary/aromatic N) is 3. The predicted octanol–water partition coefficient (Wildman–Crippen LogP) is 2.12. The van der Waals surface area contributed by atoms with E-state index in [1.807, 2.05) is 0 Å². The summed E-state index contributed by atoms with van der Waals surface area (Å²) in [6.07, 6.45) is 1.55. The van der Waals surface area contributed by atoms with Crippen LogP contribution in [-0.4, -0.2) is 34.0 Å². The first kappa shape index (κ1) is 14.2. The summed E-state index contributed by atoms with van der Waals surface area (Å²) in [5, 5.41) is 13.3. The molecule has 0 bridgehead atoms. The zero-order chi connectivity index (χ0) is 15.0. The minimum absolute atomic E-state index is 0.0175. The highest BCUT2D eigenvalue weighted by molar-refractivity contribution is 6.40. The first-order valence-corrected chi connectivity index (χ1v) is 6.88. The lowest BCUT2D eigenvalue weighted by atomic mass is 10.2. The third-order valence-electron chi connectivity index (χ3n) is 3.12. The maximum absolute atomic E-state index is 13.1. The minimum atomic E-state index is -0.577. The van der Waals surface area contributed by atoms with E-state index in [2.05, 4.69) is 20.9 Å². The van der Waals surface area contributed by atoms with E-state index in [4.69, 9.17) is 23.2 Å². The van der Waals surface area contributed by atoms with Crippen LogP contribution < -0.4 is 10.6 Å². The lowest BCUT2D eigenvalue weighted by molar-refractivity contribution is 0.102. The Hall–Kier alpha value is -1.70. The molecule has 1 aromatic carbocycles. The van der Waals surface area contributed by atoms with Crippen LogP contribution in [0.4, 0.5) is 10.1 Å². The first-order chi connectivity index (χ1) is 10.0. The van der Waals surface area contributed by atoms with Gasteiger partial charge >= 0.3 is 0 Å². The smallest absolute Gasteiger partial charge is 0.277 e. The van der Waals surface area contributed by atoms with Crippen molar-refractivity contribution in [3.63, 3.8) is 0 Å². The van der Waals surface area contributed by atoms with E-state index in [0.717, 1.165) is 25.2 Å². The van der Waals surface area contributed by atoms with Crippen molar-refractivity contribution in [2.24, 2.45) is 0 Å². The summed E-state index contributed by atoms with van der Waals surface area (Å²) in [4.78, 5) is 12.1. The van der Waals surface area contributed by atoms with Gasteiger partial charge in [-0.25, -0.2) is 9.07 Å². The summed E-state index contributed by atoms with van der Waals surface area (Å²) in [6, 6.07) is 2.34. The van der Waals surface area contributed by atoms with Crippen molar-refractivity contribution < 1.29 is 9.18 Å². The fraction of sp³-hybridized carbons (Fsp3) is 0.250. The molecule has 3 rings (SSSR count). The molecular weight excluding hydrogens is 320 g/mol. The standard InChI is InChI=1S/C12H10Cl2FN5O/c13-8-1-6(15)2-9(14)11(8)17-12(21)10-5-20(19-18-10)7-3-16-4-7/h1-2,5,7,16H,3-4H2,(H,17,21). The van der Waals surface area contributed by atoms with Crippen molar-refractivity contribution in [2.45, 2.75) is 6.04 Å². The zero-order valence-corrected chi connectivity index (χ0v) is 12.1. The van der Waals surface area contributed by atoms with E-state index >= 15 is 0 Å². The van der Waals surface area contributed by atoms with E-state index in [0.29, 0.717) is 0 Å². The van der Waals surface area contributed by atoms with Crippen LogP contribution in [0.2, 0.25) is 10.0 Å². The second-order valence-electron chi connectivity index (χ2n) is 4.59. The normalized spacial score (nSPS) is 14.8. The third kappa shape index (κ3) is 2.85. The SMILES string of the molecule is O=C(Nc1c(Cl)cc(F)cc1Cl)c1cn(C2CNC2)nn1. The van der Waals surface area contributed by atoms with Crippen LogP contribution in [0.15, 0.2) is 18.3 Å². The molecule has 0 saturated carbocycles. The zero-order valence-electron chi connectivity index (χ0n) is 10.6. The molecule has 110 valence electrons. The van der Waals surface area contributed by atoms with Crippen molar-refractivity contribution in [1.29, 1.82) is 0 Å². The van der Waals surface area contributed by atoms with Crippen molar-refractivity contribution in [3.05, 3.63) is 39.9 Å². The van der Waals surface area contributed by atoms with E-state index in [-0.39, 0.29) is 27.5 Å². The van der Waals surface area contributed by atoms with Crippen LogP contribution in [-0.2, 0) is 0 Å². The Morgan fingerprint density at radius 1 is 1.38 bits per heavy atom. The van der Waals surface area contributed by atoms with Crippen molar-refractivity contribution in [3.8, 4) is 0 Å². The lowest BCUT2D eigenvalue weighted by Gasteiger charge is -2.26. The lowest BCUT2D eigenvalue weighted by Crippen LogP contribution is -2.43. The molecule has 2 N–H and O–H groups in total. The molecule has 1 fully saturated rings. The van der Waals surface area contributed by atoms with Crippen LogP contribution in [0.5, 0.6) is 0 Å². The van der Waals surface area contributed by atoms with Gasteiger partial charge in [0.15, 0.2) is 5.69 Å². The van der Waals surface area contributed by atoms with Crippen LogP contribution in [0.1, 0.15) is 16.5 Å². The number of carbonyl (C=O) groups is 1. The van der Waals surface area contributed by atoms with Gasteiger partial charge in [0.05, 0.1) is 28.0 Å². The van der Waals surface area contributed by atoms with E-state index in [9.17, 15) is 9.18 Å². The first-order valence-electron chi connectivity index (χ1n) is 6.13. The highest BCUT2D eigenvalue weighted by atomic mass is 35.5. The number of carbonyl (C=O) groups excluding carboxylic acids is 1. The van der Waals surface area contributed by atoms with Gasteiger partial charge in [-0.05, 0) is 12.1 Å². The number of halogens is 3. The average molecular weight is 330 g/mol. The monoisotopic (exact) mass is 329 g/mol. The van der Waals surface area contributed by atoms with E-state index in [1.54, 1.807) is 10.9 Å². The van der Waals surface area contributed by atoms with Gasteiger partial charge in [-0.2, -0.15) is 0 Å². The molecule has 2 heterocycles. The minimum Gasteiger partial charge on any atom is -0.318 e. The number of rotatable bonds is 3. The van der Waals surface area contributed by atoms with E-state index < -0.39 is 11.7 Å². The molecule has 0 radical (unpaired) electrons. The Morgan fingerprint density at radius 2 is 2.05 bits per heavy atom. The average Bonchev–Trinajstić information content (AvgIpc) is 2.80. The molecule has 1 aliphatic heterocycles. The number of hydrogen-bond donors (Lipinski definition) is 2. The predicted molar refractivity (Wildman–Crippen MR) is 76.3 cm³/mol. The Bertz CT molecular complexity index is 678. The number of aromatic nitrogens is 3. The van der Waals surface area contributed by atoms with Gasteiger partial charge in [0.1, 0.15) is 5.82 Å². The fourth-order valence-electron chi connectivity index (χ4n) is 1.86. The van der Waals surface area contributed by atoms with Crippen LogP contribution >= 0.6 is 23.2 Å². The number of benzene rings is 1. The molecule has 2 aromatic rings. The number of hydrogen-bond acceptors (Lipinski definition) is 4. The summed E-state index contributed by atoms with van der Waals surface area (Å²) < 4.78 is 14.7. The Kier molecular flexibility index (Phi) is 3.79. The molecule has 6 nitrogen and oxygen atoms in total. The maximum atomic E-state index is 13.1. The fourth-order valence-corrected chi connectivity index (χ4v) is 2.41. The molecule has 1 aliphatic rings. The summed E-state index contributed by atoms with van der Waals surface area (Å²) in [5.74, 6) is -1.09.